The molecule has 2 heterocycles. The van der Waals surface area contributed by atoms with Crippen LogP contribution in [0.1, 0.15) is 33.4 Å². The summed E-state index contributed by atoms with van der Waals surface area (Å²) in [5.74, 6) is -0.473. The van der Waals surface area contributed by atoms with Crippen molar-refractivity contribution in [1.29, 1.82) is 0 Å². The second kappa shape index (κ2) is 12.3. The normalized spacial score (nSPS) is 12.1. The number of anilines is 1. The number of sulfonamides is 1. The monoisotopic (exact) mass is 649 g/mol. The highest BCUT2D eigenvalue weighted by Gasteiger charge is 2.32. The lowest BCUT2D eigenvalue weighted by Crippen LogP contribution is -2.34. The number of nitrogens with zero attached hydrogens (tertiary/aromatic N) is 5. The number of benzene rings is 3. The fourth-order valence-corrected chi connectivity index (χ4v) is 7.09. The lowest BCUT2D eigenvalue weighted by atomic mass is 10.0. The van der Waals surface area contributed by atoms with Gasteiger partial charge in [0.1, 0.15) is 10.6 Å². The van der Waals surface area contributed by atoms with Crippen LogP contribution < -0.4 is 9.86 Å². The third-order valence-corrected chi connectivity index (χ3v) is 9.97. The molecule has 2 aromatic heterocycles. The van der Waals surface area contributed by atoms with E-state index in [1.165, 1.54) is 34.8 Å². The highest BCUT2D eigenvalue weighted by Crippen LogP contribution is 2.32. The molecule has 0 saturated carbocycles. The van der Waals surface area contributed by atoms with Crippen LogP contribution in [-0.4, -0.2) is 47.7 Å². The quantitative estimate of drug-likeness (QED) is 0.209. The summed E-state index contributed by atoms with van der Waals surface area (Å²) in [5, 5.41) is 0.402. The molecule has 0 saturated heterocycles. The smallest absolute Gasteiger partial charge is 0.296 e. The van der Waals surface area contributed by atoms with Crippen LogP contribution in [0, 0.1) is 6.92 Å². The van der Waals surface area contributed by atoms with E-state index in [1.807, 2.05) is 18.2 Å². The molecule has 1 amide bonds. The summed E-state index contributed by atoms with van der Waals surface area (Å²) in [5.41, 5.74) is 1.84. The number of carbonyl (C=O) groups is 1. The average molecular weight is 651 g/mol. The average Bonchev–Trinajstić information content (AvgIpc) is 3.24. The molecule has 0 aliphatic heterocycles. The van der Waals surface area contributed by atoms with Crippen molar-refractivity contribution in [3.05, 3.63) is 140 Å². The molecule has 0 aliphatic carbocycles. The number of hydrogen-bond acceptors (Lipinski definition) is 5. The van der Waals surface area contributed by atoms with Gasteiger partial charge >= 0.3 is 0 Å². The number of halogens is 2. The van der Waals surface area contributed by atoms with E-state index in [9.17, 15) is 18.0 Å². The number of aromatic nitrogens is 3. The van der Waals surface area contributed by atoms with Gasteiger partial charge in [-0.15, -0.1) is 0 Å². The summed E-state index contributed by atoms with van der Waals surface area (Å²) in [7, 11) is 0.185. The number of amides is 1. The van der Waals surface area contributed by atoms with Crippen molar-refractivity contribution >= 4 is 44.8 Å². The first kappa shape index (κ1) is 31.1. The van der Waals surface area contributed by atoms with Gasteiger partial charge in [0, 0.05) is 37.9 Å². The van der Waals surface area contributed by atoms with E-state index in [4.69, 9.17) is 23.2 Å². The fraction of sp³-hybridized carbons (Fsp3) is 0.156. The van der Waals surface area contributed by atoms with E-state index in [0.717, 1.165) is 9.87 Å². The molecule has 3 aromatic carbocycles. The third kappa shape index (κ3) is 5.63. The topological polar surface area (TPSA) is 97.5 Å². The van der Waals surface area contributed by atoms with Gasteiger partial charge in [-0.2, -0.15) is 0 Å². The van der Waals surface area contributed by atoms with Gasteiger partial charge in [-0.3, -0.25) is 23.6 Å². The van der Waals surface area contributed by atoms with Crippen LogP contribution in [0.2, 0.25) is 10.0 Å². The first-order chi connectivity index (χ1) is 20.9. The minimum Gasteiger partial charge on any atom is -0.329 e. The molecule has 9 nitrogen and oxygen atoms in total. The van der Waals surface area contributed by atoms with Crippen LogP contribution >= 0.6 is 23.2 Å². The van der Waals surface area contributed by atoms with Crippen LogP contribution in [0.3, 0.4) is 0 Å². The van der Waals surface area contributed by atoms with Gasteiger partial charge in [-0.05, 0) is 67.1 Å². The highest BCUT2D eigenvalue weighted by molar-refractivity contribution is 7.93. The van der Waals surface area contributed by atoms with Crippen LogP contribution in [-0.2, 0) is 17.1 Å². The Morgan fingerprint density at radius 2 is 1.61 bits per heavy atom. The summed E-state index contributed by atoms with van der Waals surface area (Å²) in [6.07, 6.45) is 1.63. The Kier molecular flexibility index (Phi) is 8.69. The molecule has 12 heteroatoms. The fourth-order valence-electron chi connectivity index (χ4n) is 5.15. The van der Waals surface area contributed by atoms with Crippen LogP contribution in [0.5, 0.6) is 0 Å². The van der Waals surface area contributed by atoms with E-state index >= 15 is 0 Å². The van der Waals surface area contributed by atoms with E-state index in [-0.39, 0.29) is 21.2 Å². The van der Waals surface area contributed by atoms with Gasteiger partial charge < -0.3 is 4.90 Å². The molecular formula is C32H29Cl2N5O4S. The van der Waals surface area contributed by atoms with Crippen LogP contribution in [0.4, 0.5) is 5.69 Å². The summed E-state index contributed by atoms with van der Waals surface area (Å²) < 4.78 is 31.9. The van der Waals surface area contributed by atoms with Crippen molar-refractivity contribution < 1.29 is 13.2 Å². The molecule has 44 heavy (non-hydrogen) atoms. The number of carbonyl (C=O) groups excluding carboxylic acids is 1. The van der Waals surface area contributed by atoms with Gasteiger partial charge in [-0.25, -0.2) is 13.1 Å². The number of pyridine rings is 1. The van der Waals surface area contributed by atoms with E-state index < -0.39 is 27.5 Å². The molecule has 0 spiro atoms. The lowest BCUT2D eigenvalue weighted by Gasteiger charge is -2.29. The molecule has 1 unspecified atom stereocenters. The van der Waals surface area contributed by atoms with Gasteiger partial charge in [-0.1, -0.05) is 59.6 Å². The third-order valence-electron chi connectivity index (χ3n) is 7.50. The molecular weight excluding hydrogens is 621 g/mol. The molecule has 0 bridgehead atoms. The zero-order chi connectivity index (χ0) is 31.8. The van der Waals surface area contributed by atoms with Gasteiger partial charge in [0.2, 0.25) is 0 Å². The zero-order valence-electron chi connectivity index (χ0n) is 24.3. The predicted molar refractivity (Wildman–Crippen MR) is 172 cm³/mol. The molecule has 0 fully saturated rings. The number of hydrogen-bond donors (Lipinski definition) is 0. The molecule has 0 radical (unpaired) electrons. The number of rotatable bonds is 8. The van der Waals surface area contributed by atoms with Crippen LogP contribution in [0.25, 0.3) is 5.69 Å². The van der Waals surface area contributed by atoms with Crippen molar-refractivity contribution in [2.45, 2.75) is 17.9 Å². The summed E-state index contributed by atoms with van der Waals surface area (Å²) in [6, 6.07) is 24.8. The molecule has 226 valence electrons. The van der Waals surface area contributed by atoms with Crippen molar-refractivity contribution in [3.8, 4) is 5.69 Å². The summed E-state index contributed by atoms with van der Waals surface area (Å²) in [6.45, 7) is 1.66. The first-order valence-electron chi connectivity index (χ1n) is 13.5. The predicted octanol–water partition coefficient (Wildman–Crippen LogP) is 5.87. The zero-order valence-corrected chi connectivity index (χ0v) is 26.7. The molecule has 5 rings (SSSR count). The standard InChI is InChI=1S/C32H29Cl2N5O4S/c1-21-29(32(41)39(37(21)3)25-13-6-5-7-14-25)38(4)44(42,43)28-20-23(16-17-26(28)34)31(40)36(2)30(27-15-8-9-18-35-27)22-11-10-12-24(33)19-22/h5-20,30H,1-4H3. The minimum absolute atomic E-state index is 0.0440. The first-order valence-corrected chi connectivity index (χ1v) is 15.7. The molecule has 5 aromatic rings. The Bertz CT molecular complexity index is 2010. The second-order valence-corrected chi connectivity index (χ2v) is 12.9. The van der Waals surface area contributed by atoms with Gasteiger partial charge in [0.25, 0.3) is 21.5 Å². The summed E-state index contributed by atoms with van der Waals surface area (Å²) in [4.78, 5) is 33.1. The second-order valence-electron chi connectivity index (χ2n) is 10.2. The lowest BCUT2D eigenvalue weighted by molar-refractivity contribution is 0.0752. The number of para-hydroxylation sites is 1. The molecule has 0 N–H and O–H groups in total. The maximum Gasteiger partial charge on any atom is 0.296 e. The Labute approximate surface area is 265 Å². The van der Waals surface area contributed by atoms with Gasteiger partial charge in [0.15, 0.2) is 0 Å². The van der Waals surface area contributed by atoms with Crippen molar-refractivity contribution in [2.24, 2.45) is 7.05 Å². The van der Waals surface area contributed by atoms with Crippen LogP contribution in [0.15, 0.2) is 107 Å². The van der Waals surface area contributed by atoms with E-state index in [0.29, 0.717) is 22.1 Å². The minimum atomic E-state index is -4.39. The molecule has 1 atom stereocenters. The Morgan fingerprint density at radius 3 is 2.27 bits per heavy atom. The van der Waals surface area contributed by atoms with Crippen molar-refractivity contribution in [2.75, 3.05) is 18.4 Å². The van der Waals surface area contributed by atoms with E-state index in [1.54, 1.807) is 86.5 Å². The largest absolute Gasteiger partial charge is 0.329 e. The van der Waals surface area contributed by atoms with E-state index in [2.05, 4.69) is 4.98 Å². The van der Waals surface area contributed by atoms with Gasteiger partial charge in [0.05, 0.1) is 28.1 Å². The SMILES string of the molecule is Cc1c(N(C)S(=O)(=O)c2cc(C(=O)N(C)C(c3cccc(Cl)c3)c3ccccn3)ccc2Cl)c(=O)n(-c2ccccc2)n1C. The van der Waals surface area contributed by atoms with Crippen molar-refractivity contribution in [3.63, 3.8) is 0 Å². The molecule has 0 aliphatic rings. The summed E-state index contributed by atoms with van der Waals surface area (Å²) >= 11 is 12.7. The Hall–Kier alpha value is -4.38. The van der Waals surface area contributed by atoms with Crippen molar-refractivity contribution in [1.82, 2.24) is 19.2 Å². The Morgan fingerprint density at radius 1 is 0.909 bits per heavy atom. The maximum absolute atomic E-state index is 14.0. The maximum atomic E-state index is 14.0. The highest BCUT2D eigenvalue weighted by atomic mass is 35.5. The Balaban J connectivity index is 1.55.